The number of carbonyl (C=O) groups excluding carboxylic acids is 1. The summed E-state index contributed by atoms with van der Waals surface area (Å²) in [5.41, 5.74) is 4.17. The van der Waals surface area contributed by atoms with Gasteiger partial charge in [-0.1, -0.05) is 48.5 Å². The van der Waals surface area contributed by atoms with E-state index in [-0.39, 0.29) is 29.9 Å². The molecule has 1 fully saturated rings. The van der Waals surface area contributed by atoms with Gasteiger partial charge in [0.05, 0.1) is 6.04 Å². The Kier molecular flexibility index (Phi) is 4.54. The Balaban J connectivity index is 1.66. The second-order valence-corrected chi connectivity index (χ2v) is 9.25. The first-order chi connectivity index (χ1) is 16.1. The Morgan fingerprint density at radius 2 is 1.58 bits per heavy atom. The molecule has 7 heteroatoms. The molecule has 0 bridgehead atoms. The van der Waals surface area contributed by atoms with Crippen LogP contribution in [-0.2, 0) is 12.8 Å². The summed E-state index contributed by atoms with van der Waals surface area (Å²) in [6, 6.07) is 16.7. The number of hydrogen-bond donors (Lipinski definition) is 1. The predicted octanol–water partition coefficient (Wildman–Crippen LogP) is 3.13. The molecule has 1 aliphatic carbocycles. The molecule has 2 atom stereocenters. The second kappa shape index (κ2) is 7.47. The number of piperidine rings is 1. The van der Waals surface area contributed by atoms with Crippen LogP contribution in [0.2, 0.25) is 0 Å². The standard InChI is InChI=1S/C26H26N4O3/c1-16-7-6-12-22-28(16)26(33)24-25(32)21(31)15-27-30(24)29(22)23-19-10-4-2-8-17(19)13-14-18-9-3-5-11-20(18)23/h2-5,8-11,15-16,22-23,32H,6-7,12-14H2,1H3/t16-,22+/m0/s1. The summed E-state index contributed by atoms with van der Waals surface area (Å²) in [4.78, 5) is 29.2. The van der Waals surface area contributed by atoms with Crippen LogP contribution in [0.3, 0.4) is 0 Å². The summed E-state index contributed by atoms with van der Waals surface area (Å²) < 4.78 is 0. The van der Waals surface area contributed by atoms with E-state index in [0.29, 0.717) is 0 Å². The Hall–Kier alpha value is -3.61. The van der Waals surface area contributed by atoms with Gasteiger partial charge in [-0.2, -0.15) is 9.89 Å². The van der Waals surface area contributed by atoms with Crippen LogP contribution >= 0.6 is 0 Å². The lowest BCUT2D eigenvalue weighted by Crippen LogP contribution is -2.66. The number of aromatic hydroxyl groups is 1. The van der Waals surface area contributed by atoms with Crippen molar-refractivity contribution >= 4 is 5.91 Å². The second-order valence-electron chi connectivity index (χ2n) is 9.25. The highest BCUT2D eigenvalue weighted by Gasteiger charge is 2.47. The smallest absolute Gasteiger partial charge is 0.280 e. The van der Waals surface area contributed by atoms with Crippen molar-refractivity contribution in [2.24, 2.45) is 0 Å². The number of amides is 1. The van der Waals surface area contributed by atoms with Crippen LogP contribution in [0.25, 0.3) is 0 Å². The molecule has 0 unspecified atom stereocenters. The maximum absolute atomic E-state index is 13.6. The summed E-state index contributed by atoms with van der Waals surface area (Å²) in [5.74, 6) is -0.868. The highest BCUT2D eigenvalue weighted by molar-refractivity contribution is 5.96. The van der Waals surface area contributed by atoms with Gasteiger partial charge in [-0.15, -0.1) is 0 Å². The van der Waals surface area contributed by atoms with Crippen LogP contribution in [0.15, 0.2) is 59.5 Å². The van der Waals surface area contributed by atoms with Crippen LogP contribution in [0.4, 0.5) is 0 Å². The molecule has 7 nitrogen and oxygen atoms in total. The lowest BCUT2D eigenvalue weighted by atomic mass is 9.91. The van der Waals surface area contributed by atoms with Crippen LogP contribution in [-0.4, -0.2) is 38.0 Å². The molecule has 1 aromatic heterocycles. The third kappa shape index (κ3) is 2.91. The van der Waals surface area contributed by atoms with Gasteiger partial charge in [0.2, 0.25) is 5.43 Å². The molecular weight excluding hydrogens is 416 g/mol. The number of benzene rings is 2. The molecular formula is C26H26N4O3. The van der Waals surface area contributed by atoms with Gasteiger partial charge < -0.3 is 10.0 Å². The number of aryl methyl sites for hydroxylation is 2. The normalized spacial score (nSPS) is 22.2. The van der Waals surface area contributed by atoms with Gasteiger partial charge in [0.1, 0.15) is 12.4 Å². The predicted molar refractivity (Wildman–Crippen MR) is 124 cm³/mol. The van der Waals surface area contributed by atoms with Crippen LogP contribution in [0.5, 0.6) is 5.75 Å². The number of hydrogen-bond acceptors (Lipinski definition) is 5. The van der Waals surface area contributed by atoms with E-state index in [1.807, 2.05) is 24.0 Å². The number of nitrogens with zero attached hydrogens (tertiary/aromatic N) is 4. The molecule has 33 heavy (non-hydrogen) atoms. The quantitative estimate of drug-likeness (QED) is 0.627. The van der Waals surface area contributed by atoms with E-state index in [1.54, 1.807) is 0 Å². The summed E-state index contributed by atoms with van der Waals surface area (Å²) in [5, 5.41) is 17.2. The van der Waals surface area contributed by atoms with Gasteiger partial charge in [0, 0.05) is 6.04 Å². The van der Waals surface area contributed by atoms with E-state index in [0.717, 1.165) is 38.3 Å². The van der Waals surface area contributed by atoms with Crippen molar-refractivity contribution in [3.05, 3.63) is 92.9 Å². The summed E-state index contributed by atoms with van der Waals surface area (Å²) in [6.45, 7) is 2.04. The molecule has 1 amide bonds. The molecule has 0 spiro atoms. The van der Waals surface area contributed by atoms with Crippen molar-refractivity contribution in [1.82, 2.24) is 14.8 Å². The van der Waals surface area contributed by atoms with Crippen LogP contribution < -0.4 is 10.4 Å². The summed E-state index contributed by atoms with van der Waals surface area (Å²) in [7, 11) is 0. The van der Waals surface area contributed by atoms with Crippen molar-refractivity contribution < 1.29 is 9.90 Å². The molecule has 1 saturated heterocycles. The van der Waals surface area contributed by atoms with Crippen molar-refractivity contribution in [1.29, 1.82) is 0 Å². The average molecular weight is 443 g/mol. The Labute approximate surface area is 191 Å². The third-order valence-electron chi connectivity index (χ3n) is 7.41. The van der Waals surface area contributed by atoms with E-state index in [2.05, 4.69) is 46.5 Å². The monoisotopic (exact) mass is 442 g/mol. The van der Waals surface area contributed by atoms with Gasteiger partial charge in [-0.25, -0.2) is 0 Å². The first-order valence-electron chi connectivity index (χ1n) is 11.6. The van der Waals surface area contributed by atoms with Crippen molar-refractivity contribution in [2.75, 3.05) is 5.01 Å². The molecule has 1 N–H and O–H groups in total. The number of carbonyl (C=O) groups is 1. The number of aromatic nitrogens is 2. The number of fused-ring (bicyclic) bond motifs is 4. The van der Waals surface area contributed by atoms with Crippen LogP contribution in [0.1, 0.15) is 65.0 Å². The average Bonchev–Trinajstić information content (AvgIpc) is 2.99. The fourth-order valence-electron chi connectivity index (χ4n) is 5.87. The first kappa shape index (κ1) is 20.0. The topological polar surface area (TPSA) is 78.7 Å². The van der Waals surface area contributed by atoms with Gasteiger partial charge in [0.15, 0.2) is 11.4 Å². The minimum absolute atomic E-state index is 0.00141. The van der Waals surface area contributed by atoms with Gasteiger partial charge in [0.25, 0.3) is 5.91 Å². The zero-order chi connectivity index (χ0) is 22.7. The Bertz CT molecular complexity index is 1270. The first-order valence-corrected chi connectivity index (χ1v) is 11.6. The fourth-order valence-corrected chi connectivity index (χ4v) is 5.87. The molecule has 0 saturated carbocycles. The van der Waals surface area contributed by atoms with Gasteiger partial charge in [-0.05, 0) is 61.3 Å². The van der Waals surface area contributed by atoms with Crippen molar-refractivity contribution in [2.45, 2.75) is 57.3 Å². The minimum atomic E-state index is -0.640. The van der Waals surface area contributed by atoms with Gasteiger partial charge >= 0.3 is 0 Å². The van der Waals surface area contributed by atoms with Crippen molar-refractivity contribution in [3.8, 4) is 5.75 Å². The third-order valence-corrected chi connectivity index (χ3v) is 7.41. The van der Waals surface area contributed by atoms with Crippen molar-refractivity contribution in [3.63, 3.8) is 0 Å². The van der Waals surface area contributed by atoms with E-state index in [4.69, 9.17) is 0 Å². The lowest BCUT2D eigenvalue weighted by Gasteiger charge is -2.53. The lowest BCUT2D eigenvalue weighted by molar-refractivity contribution is 0.0281. The molecule has 3 aromatic rings. The highest BCUT2D eigenvalue weighted by Crippen LogP contribution is 2.42. The molecule has 2 aliphatic heterocycles. The Morgan fingerprint density at radius 1 is 0.939 bits per heavy atom. The summed E-state index contributed by atoms with van der Waals surface area (Å²) in [6.07, 6.45) is 5.41. The largest absolute Gasteiger partial charge is 0.502 e. The SMILES string of the molecule is C[C@H]1CCC[C@@H]2N1C(=O)c1c(O)c(=O)cnn1N2C1c2ccccc2CCc2ccccc21. The van der Waals surface area contributed by atoms with E-state index in [1.165, 1.54) is 27.0 Å². The van der Waals surface area contributed by atoms with Gasteiger partial charge in [-0.3, -0.25) is 14.6 Å². The maximum atomic E-state index is 13.6. The Morgan fingerprint density at radius 3 is 2.24 bits per heavy atom. The zero-order valence-corrected chi connectivity index (χ0v) is 18.5. The number of rotatable bonds is 1. The van der Waals surface area contributed by atoms with E-state index in [9.17, 15) is 14.7 Å². The molecule has 3 heterocycles. The fraction of sp³-hybridized carbons (Fsp3) is 0.346. The minimum Gasteiger partial charge on any atom is -0.502 e. The molecule has 2 aromatic carbocycles. The van der Waals surface area contributed by atoms with E-state index >= 15 is 0 Å². The highest BCUT2D eigenvalue weighted by atomic mass is 16.3. The molecule has 0 radical (unpaired) electrons. The molecule has 6 rings (SSSR count). The molecule has 168 valence electrons. The molecule has 3 aliphatic rings. The zero-order valence-electron chi connectivity index (χ0n) is 18.5. The van der Waals surface area contributed by atoms with E-state index < -0.39 is 11.2 Å². The summed E-state index contributed by atoms with van der Waals surface area (Å²) >= 11 is 0. The maximum Gasteiger partial charge on any atom is 0.280 e. The van der Waals surface area contributed by atoms with Crippen LogP contribution in [0, 0.1) is 0 Å².